The van der Waals surface area contributed by atoms with E-state index in [0.29, 0.717) is 30.2 Å². The molecule has 3 rings (SSSR count). The lowest BCUT2D eigenvalue weighted by Crippen LogP contribution is -2.62. The molecule has 2 aliphatic rings. The summed E-state index contributed by atoms with van der Waals surface area (Å²) in [6.07, 6.45) is 2.99. The number of rotatable bonds is 4. The van der Waals surface area contributed by atoms with Crippen LogP contribution >= 0.6 is 0 Å². The zero-order valence-corrected chi connectivity index (χ0v) is 15.3. The number of piperidine rings is 2. The third-order valence-corrected chi connectivity index (χ3v) is 5.93. The second-order valence-electron chi connectivity index (χ2n) is 7.19. The minimum absolute atomic E-state index is 0.00599. The molecule has 2 saturated heterocycles. The molecule has 1 aromatic rings. The highest BCUT2D eigenvalue weighted by atomic mass is 16.5. The largest absolute Gasteiger partial charge is 0.493 e. The molecule has 0 radical (unpaired) electrons. The summed E-state index contributed by atoms with van der Waals surface area (Å²) in [6.45, 7) is 2.55. The minimum atomic E-state index is -0.0681. The average Bonchev–Trinajstić information content (AvgIpc) is 2.66. The smallest absolute Gasteiger partial charge is 0.254 e. The Bertz CT molecular complexity index is 636. The average molecular weight is 348 g/mol. The Morgan fingerprint density at radius 2 is 2.00 bits per heavy atom. The van der Waals surface area contributed by atoms with Gasteiger partial charge in [0.1, 0.15) is 0 Å². The number of fused-ring (bicyclic) bond motifs is 1. The van der Waals surface area contributed by atoms with Gasteiger partial charge in [-0.2, -0.15) is 0 Å². The van der Waals surface area contributed by atoms with Crippen LogP contribution in [0.15, 0.2) is 18.2 Å². The number of carbonyl (C=O) groups excluding carboxylic acids is 1. The second kappa shape index (κ2) is 7.22. The van der Waals surface area contributed by atoms with Gasteiger partial charge in [0.2, 0.25) is 0 Å². The molecule has 0 unspecified atom stereocenters. The molecule has 0 spiro atoms. The maximum absolute atomic E-state index is 13.0. The van der Waals surface area contributed by atoms with Crippen LogP contribution < -0.4 is 9.47 Å². The van der Waals surface area contributed by atoms with Crippen LogP contribution in [0, 0.1) is 5.41 Å². The van der Waals surface area contributed by atoms with Gasteiger partial charge in [0.25, 0.3) is 5.91 Å². The van der Waals surface area contributed by atoms with E-state index in [1.165, 1.54) is 0 Å². The number of likely N-dealkylation sites (tertiary alicyclic amines) is 2. The molecule has 138 valence electrons. The van der Waals surface area contributed by atoms with E-state index in [1.807, 2.05) is 4.90 Å². The van der Waals surface area contributed by atoms with Crippen molar-refractivity contribution in [2.45, 2.75) is 25.3 Å². The van der Waals surface area contributed by atoms with Crippen LogP contribution in [0.25, 0.3) is 0 Å². The topological polar surface area (TPSA) is 62.2 Å². The van der Waals surface area contributed by atoms with Crippen LogP contribution in [-0.4, -0.2) is 74.4 Å². The van der Waals surface area contributed by atoms with Crippen LogP contribution in [0.5, 0.6) is 11.5 Å². The maximum Gasteiger partial charge on any atom is 0.254 e. The monoisotopic (exact) mass is 348 g/mol. The fourth-order valence-corrected chi connectivity index (χ4v) is 4.35. The third kappa shape index (κ3) is 3.20. The molecule has 2 heterocycles. The van der Waals surface area contributed by atoms with Crippen molar-refractivity contribution in [1.29, 1.82) is 0 Å². The van der Waals surface area contributed by atoms with Crippen molar-refractivity contribution in [1.82, 2.24) is 9.80 Å². The summed E-state index contributed by atoms with van der Waals surface area (Å²) < 4.78 is 10.6. The van der Waals surface area contributed by atoms with Crippen molar-refractivity contribution in [2.75, 3.05) is 47.5 Å². The number of hydrogen-bond donors (Lipinski definition) is 1. The number of aliphatic hydroxyl groups is 1. The van der Waals surface area contributed by atoms with Gasteiger partial charge >= 0.3 is 0 Å². The zero-order valence-electron chi connectivity index (χ0n) is 15.3. The van der Waals surface area contributed by atoms with Gasteiger partial charge in [-0.05, 0) is 51.1 Å². The summed E-state index contributed by atoms with van der Waals surface area (Å²) in [6, 6.07) is 5.49. The van der Waals surface area contributed by atoms with Crippen molar-refractivity contribution in [3.05, 3.63) is 23.8 Å². The van der Waals surface area contributed by atoms with Crippen LogP contribution in [0.4, 0.5) is 0 Å². The highest BCUT2D eigenvalue weighted by molar-refractivity contribution is 5.95. The fourth-order valence-electron chi connectivity index (χ4n) is 4.35. The lowest BCUT2D eigenvalue weighted by Gasteiger charge is -2.53. The normalized spacial score (nSPS) is 26.9. The van der Waals surface area contributed by atoms with Crippen molar-refractivity contribution >= 4 is 5.91 Å². The van der Waals surface area contributed by atoms with Crippen LogP contribution in [-0.2, 0) is 0 Å². The van der Waals surface area contributed by atoms with Gasteiger partial charge < -0.3 is 24.4 Å². The van der Waals surface area contributed by atoms with E-state index >= 15 is 0 Å². The predicted octanol–water partition coefficient (Wildman–Crippen LogP) is 1.62. The van der Waals surface area contributed by atoms with Gasteiger partial charge in [0.15, 0.2) is 11.5 Å². The Morgan fingerprint density at radius 3 is 2.68 bits per heavy atom. The van der Waals surface area contributed by atoms with E-state index in [-0.39, 0.29) is 24.0 Å². The number of benzene rings is 1. The number of hydrogen-bond acceptors (Lipinski definition) is 5. The van der Waals surface area contributed by atoms with E-state index in [0.717, 1.165) is 25.8 Å². The van der Waals surface area contributed by atoms with Crippen molar-refractivity contribution < 1.29 is 19.4 Å². The molecule has 1 amide bonds. The molecule has 2 fully saturated rings. The van der Waals surface area contributed by atoms with Gasteiger partial charge in [-0.25, -0.2) is 0 Å². The molecule has 25 heavy (non-hydrogen) atoms. The standard InChI is InChI=1S/C19H28N2O4/c1-20-9-4-7-19(13-22)8-10-21(12-17(19)20)18(23)14-5-6-15(24-2)16(11-14)25-3/h5-6,11,17,22H,4,7-10,12-13H2,1-3H3/t17-,19-/m1/s1. The van der Waals surface area contributed by atoms with Gasteiger partial charge in [0.05, 0.1) is 20.8 Å². The molecule has 6 heteroatoms. The Balaban J connectivity index is 1.80. The van der Waals surface area contributed by atoms with Crippen molar-refractivity contribution in [2.24, 2.45) is 5.41 Å². The Kier molecular flexibility index (Phi) is 5.20. The summed E-state index contributed by atoms with van der Waals surface area (Å²) in [7, 11) is 5.25. The number of likely N-dealkylation sites (N-methyl/N-ethyl adjacent to an activating group) is 1. The third-order valence-electron chi connectivity index (χ3n) is 5.93. The highest BCUT2D eigenvalue weighted by Crippen LogP contribution is 2.41. The van der Waals surface area contributed by atoms with E-state index in [1.54, 1.807) is 32.4 Å². The van der Waals surface area contributed by atoms with Gasteiger partial charge in [-0.15, -0.1) is 0 Å². The van der Waals surface area contributed by atoms with Crippen molar-refractivity contribution in [3.8, 4) is 11.5 Å². The molecular weight excluding hydrogens is 320 g/mol. The SMILES string of the molecule is COc1ccc(C(=O)N2CC[C@@]3(CO)CCCN(C)[C@@H]3C2)cc1OC. The number of methoxy groups -OCH3 is 2. The molecule has 0 aliphatic carbocycles. The molecule has 0 saturated carbocycles. The molecule has 2 aliphatic heterocycles. The van der Waals surface area contributed by atoms with Crippen LogP contribution in [0.1, 0.15) is 29.6 Å². The van der Waals surface area contributed by atoms with E-state index < -0.39 is 0 Å². The predicted molar refractivity (Wildman–Crippen MR) is 95.2 cm³/mol. The number of amides is 1. The molecule has 6 nitrogen and oxygen atoms in total. The lowest BCUT2D eigenvalue weighted by molar-refractivity contribution is -0.0601. The second-order valence-corrected chi connectivity index (χ2v) is 7.19. The van der Waals surface area contributed by atoms with Gasteiger partial charge in [0, 0.05) is 30.1 Å². The Labute approximate surface area is 149 Å². The van der Waals surface area contributed by atoms with Gasteiger partial charge in [-0.1, -0.05) is 0 Å². The van der Waals surface area contributed by atoms with E-state index in [9.17, 15) is 9.90 Å². The molecule has 1 N–H and O–H groups in total. The molecule has 0 bridgehead atoms. The van der Waals surface area contributed by atoms with E-state index in [4.69, 9.17) is 9.47 Å². The number of nitrogens with zero attached hydrogens (tertiary/aromatic N) is 2. The Hall–Kier alpha value is -1.79. The highest BCUT2D eigenvalue weighted by Gasteiger charge is 2.47. The number of aliphatic hydroxyl groups excluding tert-OH is 1. The number of carbonyl (C=O) groups is 1. The van der Waals surface area contributed by atoms with Crippen molar-refractivity contribution in [3.63, 3.8) is 0 Å². The summed E-state index contributed by atoms with van der Waals surface area (Å²) in [5.41, 5.74) is 0.536. The summed E-state index contributed by atoms with van der Waals surface area (Å²) in [5, 5.41) is 10.0. The van der Waals surface area contributed by atoms with Crippen LogP contribution in [0.2, 0.25) is 0 Å². The quantitative estimate of drug-likeness (QED) is 0.896. The molecule has 1 aromatic carbocycles. The van der Waals surface area contributed by atoms with E-state index in [2.05, 4.69) is 11.9 Å². The number of ether oxygens (including phenoxy) is 2. The van der Waals surface area contributed by atoms with Gasteiger partial charge in [-0.3, -0.25) is 4.79 Å². The summed E-state index contributed by atoms with van der Waals surface area (Å²) in [5.74, 6) is 1.18. The maximum atomic E-state index is 13.0. The Morgan fingerprint density at radius 1 is 1.24 bits per heavy atom. The minimum Gasteiger partial charge on any atom is -0.493 e. The lowest BCUT2D eigenvalue weighted by atomic mass is 9.69. The molecule has 2 atom stereocenters. The first kappa shape index (κ1) is 18.0. The first-order chi connectivity index (χ1) is 12.0. The molecular formula is C19H28N2O4. The van der Waals surface area contributed by atoms with Crippen LogP contribution in [0.3, 0.4) is 0 Å². The molecule has 0 aromatic heterocycles. The fraction of sp³-hybridized carbons (Fsp3) is 0.632. The zero-order chi connectivity index (χ0) is 18.0. The summed E-state index contributed by atoms with van der Waals surface area (Å²) >= 11 is 0. The first-order valence-corrected chi connectivity index (χ1v) is 8.87. The summed E-state index contributed by atoms with van der Waals surface area (Å²) in [4.78, 5) is 17.2. The first-order valence-electron chi connectivity index (χ1n) is 8.87.